The Hall–Kier alpha value is 1.02. The molecule has 0 aliphatic heterocycles. The van der Waals surface area contributed by atoms with E-state index in [0.717, 1.165) is 25.7 Å². The summed E-state index contributed by atoms with van der Waals surface area (Å²) in [7, 11) is -2.88. The average molecular weight is 340 g/mol. The van der Waals surface area contributed by atoms with Crippen LogP contribution in [-0.4, -0.2) is 23.2 Å². The molecule has 0 bridgehead atoms. The number of hydrogen-bond donors (Lipinski definition) is 0. The van der Waals surface area contributed by atoms with Gasteiger partial charge in [-0.1, -0.05) is 47.6 Å². The Morgan fingerprint density at radius 2 is 1.44 bits per heavy atom. The maximum absolute atomic E-state index is 12.1. The fourth-order valence-corrected chi connectivity index (χ4v) is 3.68. The molecule has 7 heteroatoms. The summed E-state index contributed by atoms with van der Waals surface area (Å²) in [4.78, 5) is 0. The highest BCUT2D eigenvalue weighted by Crippen LogP contribution is 2.48. The van der Waals surface area contributed by atoms with E-state index in [-0.39, 0.29) is 0 Å². The summed E-state index contributed by atoms with van der Waals surface area (Å²) in [5.41, 5.74) is 0. The molecule has 0 saturated heterocycles. The van der Waals surface area contributed by atoms with E-state index in [1.807, 2.05) is 13.8 Å². The topological polar surface area (TPSA) is 35.5 Å². The summed E-state index contributed by atoms with van der Waals surface area (Å²) in [6.45, 7) is 4.44. The third-order valence-electron chi connectivity index (χ3n) is 2.29. The lowest BCUT2D eigenvalue weighted by Crippen LogP contribution is -2.02. The minimum Gasteiger partial charge on any atom is -0.309 e. The fourth-order valence-electron chi connectivity index (χ4n) is 1.54. The van der Waals surface area contributed by atoms with Gasteiger partial charge in [0.25, 0.3) is 0 Å². The predicted molar refractivity (Wildman–Crippen MR) is 79.1 cm³/mol. The standard InChI is InChI=1S/C11H22Cl3O3P/c1-3-16-18(15,17-4-2)10-8-6-5-7-9-11(12,13)14/h3-10H2,1-2H3. The van der Waals surface area contributed by atoms with Crippen molar-refractivity contribution in [1.82, 2.24) is 0 Å². The van der Waals surface area contributed by atoms with Gasteiger partial charge in [0.2, 0.25) is 0 Å². The van der Waals surface area contributed by atoms with E-state index in [1.54, 1.807) is 0 Å². The monoisotopic (exact) mass is 338 g/mol. The maximum Gasteiger partial charge on any atom is 0.330 e. The van der Waals surface area contributed by atoms with Gasteiger partial charge in [-0.15, -0.1) is 0 Å². The minimum atomic E-state index is -2.88. The molecule has 0 aromatic carbocycles. The van der Waals surface area contributed by atoms with E-state index in [0.29, 0.717) is 25.8 Å². The Bertz CT molecular complexity index is 246. The molecule has 0 amide bonds. The van der Waals surface area contributed by atoms with Crippen molar-refractivity contribution in [2.45, 2.75) is 49.7 Å². The van der Waals surface area contributed by atoms with Crippen LogP contribution in [0.2, 0.25) is 0 Å². The van der Waals surface area contributed by atoms with E-state index < -0.39 is 11.4 Å². The molecule has 3 nitrogen and oxygen atoms in total. The molecular weight excluding hydrogens is 317 g/mol. The normalized spacial score (nSPS) is 12.9. The van der Waals surface area contributed by atoms with Gasteiger partial charge in [-0.3, -0.25) is 4.57 Å². The average Bonchev–Trinajstić information content (AvgIpc) is 2.22. The molecular formula is C11H22Cl3O3P. The second kappa shape index (κ2) is 9.85. The van der Waals surface area contributed by atoms with Crippen molar-refractivity contribution in [3.63, 3.8) is 0 Å². The van der Waals surface area contributed by atoms with Crippen molar-refractivity contribution in [1.29, 1.82) is 0 Å². The minimum absolute atomic E-state index is 0.407. The van der Waals surface area contributed by atoms with Gasteiger partial charge in [-0.05, 0) is 33.1 Å². The van der Waals surface area contributed by atoms with Gasteiger partial charge in [0, 0.05) is 0 Å². The quantitative estimate of drug-likeness (QED) is 0.296. The molecule has 18 heavy (non-hydrogen) atoms. The van der Waals surface area contributed by atoms with Crippen LogP contribution < -0.4 is 0 Å². The van der Waals surface area contributed by atoms with Crippen molar-refractivity contribution in [2.75, 3.05) is 19.4 Å². The second-order valence-corrected chi connectivity index (χ2v) is 8.65. The van der Waals surface area contributed by atoms with Crippen LogP contribution in [0.15, 0.2) is 0 Å². The summed E-state index contributed by atoms with van der Waals surface area (Å²) in [6.07, 6.45) is 4.55. The highest BCUT2D eigenvalue weighted by Gasteiger charge is 2.22. The first-order valence-corrected chi connectivity index (χ1v) is 9.14. The number of hydrogen-bond acceptors (Lipinski definition) is 3. The molecule has 0 radical (unpaired) electrons. The van der Waals surface area contributed by atoms with Crippen LogP contribution >= 0.6 is 42.4 Å². The Labute approximate surface area is 125 Å². The summed E-state index contributed by atoms with van der Waals surface area (Å²) >= 11 is 16.9. The Kier molecular flexibility index (Phi) is 10.4. The zero-order chi connectivity index (χ0) is 14.1. The first-order chi connectivity index (χ1) is 8.33. The van der Waals surface area contributed by atoms with Crippen LogP contribution in [0.4, 0.5) is 0 Å². The largest absolute Gasteiger partial charge is 0.330 e. The fraction of sp³-hybridized carbons (Fsp3) is 1.00. The van der Waals surface area contributed by atoms with Gasteiger partial charge in [0.15, 0.2) is 3.79 Å². The van der Waals surface area contributed by atoms with Gasteiger partial charge in [0.05, 0.1) is 19.4 Å². The molecule has 0 N–H and O–H groups in total. The summed E-state index contributed by atoms with van der Waals surface area (Å²) < 4.78 is 21.3. The van der Waals surface area contributed by atoms with Crippen molar-refractivity contribution >= 4 is 42.4 Å². The SMILES string of the molecule is CCOP(=O)(CCCCCCC(Cl)(Cl)Cl)OCC. The molecule has 0 unspecified atom stereocenters. The zero-order valence-corrected chi connectivity index (χ0v) is 14.1. The Balaban J connectivity index is 3.71. The zero-order valence-electron chi connectivity index (χ0n) is 11.0. The third-order valence-corrected chi connectivity index (χ3v) is 5.03. The molecule has 0 spiro atoms. The number of halogens is 3. The summed E-state index contributed by atoms with van der Waals surface area (Å²) in [6, 6.07) is 0. The predicted octanol–water partition coefficient (Wildman–Crippen LogP) is 5.57. The third kappa shape index (κ3) is 10.9. The van der Waals surface area contributed by atoms with E-state index >= 15 is 0 Å². The van der Waals surface area contributed by atoms with Crippen molar-refractivity contribution in [2.24, 2.45) is 0 Å². The van der Waals surface area contributed by atoms with Gasteiger partial charge in [-0.25, -0.2) is 0 Å². The number of rotatable bonds is 10. The number of unbranched alkanes of at least 4 members (excludes halogenated alkanes) is 3. The van der Waals surface area contributed by atoms with Crippen LogP contribution in [0, 0.1) is 0 Å². The second-order valence-electron chi connectivity index (χ2n) is 3.95. The van der Waals surface area contributed by atoms with Gasteiger partial charge in [0.1, 0.15) is 0 Å². The lowest BCUT2D eigenvalue weighted by Gasteiger charge is -2.16. The maximum atomic E-state index is 12.1. The molecule has 0 saturated carbocycles. The lowest BCUT2D eigenvalue weighted by molar-refractivity contribution is 0.219. The van der Waals surface area contributed by atoms with Crippen molar-refractivity contribution in [3.8, 4) is 0 Å². The van der Waals surface area contributed by atoms with E-state index in [9.17, 15) is 4.57 Å². The van der Waals surface area contributed by atoms with Gasteiger partial charge < -0.3 is 9.05 Å². The first-order valence-electron chi connectivity index (χ1n) is 6.28. The summed E-state index contributed by atoms with van der Waals surface area (Å²) in [5, 5.41) is 0. The Morgan fingerprint density at radius 1 is 0.944 bits per heavy atom. The first kappa shape index (κ1) is 19.0. The Morgan fingerprint density at radius 3 is 1.89 bits per heavy atom. The van der Waals surface area contributed by atoms with E-state index in [4.69, 9.17) is 43.9 Å². The molecule has 0 rings (SSSR count). The van der Waals surface area contributed by atoms with Gasteiger partial charge in [-0.2, -0.15) is 0 Å². The van der Waals surface area contributed by atoms with Crippen LogP contribution in [-0.2, 0) is 13.6 Å². The van der Waals surface area contributed by atoms with Crippen molar-refractivity contribution in [3.05, 3.63) is 0 Å². The van der Waals surface area contributed by atoms with Gasteiger partial charge >= 0.3 is 7.60 Å². The highest BCUT2D eigenvalue weighted by molar-refractivity contribution is 7.53. The smallest absolute Gasteiger partial charge is 0.309 e. The molecule has 0 fully saturated rings. The van der Waals surface area contributed by atoms with E-state index in [1.165, 1.54) is 0 Å². The van der Waals surface area contributed by atoms with Crippen LogP contribution in [0.1, 0.15) is 46.0 Å². The van der Waals surface area contributed by atoms with E-state index in [2.05, 4.69) is 0 Å². The van der Waals surface area contributed by atoms with Crippen LogP contribution in [0.25, 0.3) is 0 Å². The molecule has 0 atom stereocenters. The number of alkyl halides is 3. The van der Waals surface area contributed by atoms with Crippen LogP contribution in [0.5, 0.6) is 0 Å². The highest BCUT2D eigenvalue weighted by atomic mass is 35.6. The molecule has 0 aromatic rings. The van der Waals surface area contributed by atoms with Crippen molar-refractivity contribution < 1.29 is 13.6 Å². The lowest BCUT2D eigenvalue weighted by atomic mass is 10.2. The molecule has 0 aliphatic rings. The van der Waals surface area contributed by atoms with Crippen LogP contribution in [0.3, 0.4) is 0 Å². The molecule has 0 heterocycles. The molecule has 110 valence electrons. The summed E-state index contributed by atoms with van der Waals surface area (Å²) in [5.74, 6) is 0. The molecule has 0 aromatic heterocycles. The molecule has 0 aliphatic carbocycles.